The van der Waals surface area contributed by atoms with Crippen LogP contribution >= 0.6 is 0 Å². The first-order chi connectivity index (χ1) is 13.0. The first-order valence-electron chi connectivity index (χ1n) is 8.88. The van der Waals surface area contributed by atoms with Crippen LogP contribution in [0.5, 0.6) is 5.75 Å². The second-order valence-electron chi connectivity index (χ2n) is 6.71. The Hall–Kier alpha value is -2.79. The third kappa shape index (κ3) is 3.08. The lowest BCUT2D eigenvalue weighted by molar-refractivity contribution is 0.409. The molecule has 4 nitrogen and oxygen atoms in total. The van der Waals surface area contributed by atoms with Crippen molar-refractivity contribution in [2.75, 3.05) is 11.8 Å². The fourth-order valence-electron chi connectivity index (χ4n) is 3.77. The van der Waals surface area contributed by atoms with E-state index in [0.29, 0.717) is 11.1 Å². The zero-order valence-electron chi connectivity index (χ0n) is 15.3. The van der Waals surface area contributed by atoms with E-state index in [1.54, 1.807) is 25.3 Å². The van der Waals surface area contributed by atoms with Gasteiger partial charge in [-0.05, 0) is 35.6 Å². The molecule has 0 spiro atoms. The largest absolute Gasteiger partial charge is 0.496 e. The SMILES string of the molecule is COc1ccc(NS(=O)(=O)c2cccc3ccccc23)c2c1CC=CC2C. The molecule has 4 rings (SSSR count). The maximum absolute atomic E-state index is 13.2. The molecule has 3 aromatic rings. The van der Waals surface area contributed by atoms with E-state index in [4.69, 9.17) is 4.74 Å². The van der Waals surface area contributed by atoms with Crippen LogP contribution in [0, 0.1) is 0 Å². The third-order valence-electron chi connectivity index (χ3n) is 5.02. The number of methoxy groups -OCH3 is 1. The predicted molar refractivity (Wildman–Crippen MR) is 109 cm³/mol. The topological polar surface area (TPSA) is 55.4 Å². The van der Waals surface area contributed by atoms with Gasteiger partial charge in [0, 0.05) is 16.9 Å². The molecule has 3 aromatic carbocycles. The molecular formula is C22H21NO3S. The Kier molecular flexibility index (Phi) is 4.40. The number of anilines is 1. The number of ether oxygens (including phenoxy) is 1. The molecule has 0 heterocycles. The fourth-order valence-corrected chi connectivity index (χ4v) is 5.08. The van der Waals surface area contributed by atoms with Crippen molar-refractivity contribution in [3.05, 3.63) is 77.9 Å². The molecule has 27 heavy (non-hydrogen) atoms. The number of hydrogen-bond acceptors (Lipinski definition) is 3. The average Bonchev–Trinajstić information content (AvgIpc) is 2.67. The van der Waals surface area contributed by atoms with E-state index in [1.807, 2.05) is 36.4 Å². The molecule has 0 fully saturated rings. The summed E-state index contributed by atoms with van der Waals surface area (Å²) in [4.78, 5) is 0.282. The van der Waals surface area contributed by atoms with E-state index in [0.717, 1.165) is 28.7 Å². The zero-order valence-corrected chi connectivity index (χ0v) is 16.1. The van der Waals surface area contributed by atoms with Gasteiger partial charge in [-0.1, -0.05) is 55.5 Å². The summed E-state index contributed by atoms with van der Waals surface area (Å²) in [7, 11) is -2.09. The summed E-state index contributed by atoms with van der Waals surface area (Å²) < 4.78 is 34.7. The number of allylic oxidation sites excluding steroid dienone is 2. The minimum absolute atomic E-state index is 0.106. The van der Waals surface area contributed by atoms with Crippen LogP contribution in [-0.2, 0) is 16.4 Å². The Labute approximate surface area is 159 Å². The highest BCUT2D eigenvalue weighted by atomic mass is 32.2. The maximum atomic E-state index is 13.2. The van der Waals surface area contributed by atoms with Crippen LogP contribution in [0.2, 0.25) is 0 Å². The number of hydrogen-bond donors (Lipinski definition) is 1. The van der Waals surface area contributed by atoms with Crippen molar-refractivity contribution in [1.29, 1.82) is 0 Å². The Morgan fingerprint density at radius 3 is 2.63 bits per heavy atom. The van der Waals surface area contributed by atoms with Crippen LogP contribution in [0.3, 0.4) is 0 Å². The van der Waals surface area contributed by atoms with Gasteiger partial charge >= 0.3 is 0 Å². The van der Waals surface area contributed by atoms with E-state index >= 15 is 0 Å². The summed E-state index contributed by atoms with van der Waals surface area (Å²) in [6.45, 7) is 2.06. The van der Waals surface area contributed by atoms with E-state index in [1.165, 1.54) is 0 Å². The molecule has 0 bridgehead atoms. The van der Waals surface area contributed by atoms with Gasteiger partial charge in [0.15, 0.2) is 0 Å². The van der Waals surface area contributed by atoms with E-state index < -0.39 is 10.0 Å². The van der Waals surface area contributed by atoms with Gasteiger partial charge in [0.05, 0.1) is 17.7 Å². The zero-order chi connectivity index (χ0) is 19.0. The number of fused-ring (bicyclic) bond motifs is 2. The van der Waals surface area contributed by atoms with Crippen molar-refractivity contribution in [1.82, 2.24) is 0 Å². The van der Waals surface area contributed by atoms with Gasteiger partial charge in [-0.15, -0.1) is 0 Å². The van der Waals surface area contributed by atoms with Crippen LogP contribution in [0.25, 0.3) is 10.8 Å². The monoisotopic (exact) mass is 379 g/mol. The molecule has 0 saturated heterocycles. The molecule has 0 aromatic heterocycles. The highest BCUT2D eigenvalue weighted by molar-refractivity contribution is 7.93. The van der Waals surface area contributed by atoms with Gasteiger partial charge < -0.3 is 4.74 Å². The lowest BCUT2D eigenvalue weighted by Crippen LogP contribution is -2.17. The number of nitrogens with one attached hydrogen (secondary N) is 1. The fraction of sp³-hybridized carbons (Fsp3) is 0.182. The van der Waals surface area contributed by atoms with Crippen LogP contribution in [0.15, 0.2) is 71.6 Å². The summed E-state index contributed by atoms with van der Waals surface area (Å²) in [5, 5.41) is 1.61. The molecule has 1 aliphatic rings. The highest BCUT2D eigenvalue weighted by Gasteiger charge is 2.24. The Balaban J connectivity index is 1.83. The summed E-state index contributed by atoms with van der Waals surface area (Å²) in [6.07, 6.45) is 4.92. The summed E-state index contributed by atoms with van der Waals surface area (Å²) >= 11 is 0. The second-order valence-corrected chi connectivity index (χ2v) is 8.36. The van der Waals surface area contributed by atoms with Gasteiger partial charge in [-0.25, -0.2) is 8.42 Å². The lowest BCUT2D eigenvalue weighted by Gasteiger charge is -2.24. The summed E-state index contributed by atoms with van der Waals surface area (Å²) in [6, 6.07) is 16.4. The lowest BCUT2D eigenvalue weighted by atomic mass is 9.87. The Morgan fingerprint density at radius 1 is 1.04 bits per heavy atom. The third-order valence-corrected chi connectivity index (χ3v) is 6.44. The van der Waals surface area contributed by atoms with Crippen LogP contribution in [-0.4, -0.2) is 15.5 Å². The Bertz CT molecular complexity index is 1140. The molecule has 0 radical (unpaired) electrons. The molecule has 0 aliphatic heterocycles. The van der Waals surface area contributed by atoms with Crippen LogP contribution in [0.1, 0.15) is 24.0 Å². The quantitative estimate of drug-likeness (QED) is 0.658. The highest BCUT2D eigenvalue weighted by Crippen LogP contribution is 2.39. The molecule has 1 N–H and O–H groups in total. The van der Waals surface area contributed by atoms with E-state index in [-0.39, 0.29) is 10.8 Å². The summed E-state index contributed by atoms with van der Waals surface area (Å²) in [5.74, 6) is 0.892. The normalized spacial score (nSPS) is 16.1. The summed E-state index contributed by atoms with van der Waals surface area (Å²) in [5.41, 5.74) is 2.61. The van der Waals surface area contributed by atoms with E-state index in [9.17, 15) is 8.42 Å². The second kappa shape index (κ2) is 6.74. The molecule has 5 heteroatoms. The first-order valence-corrected chi connectivity index (χ1v) is 10.4. The van der Waals surface area contributed by atoms with Crippen molar-refractivity contribution in [2.24, 2.45) is 0 Å². The average molecular weight is 379 g/mol. The van der Waals surface area contributed by atoms with Gasteiger partial charge in [0.2, 0.25) is 0 Å². The molecule has 0 amide bonds. The van der Waals surface area contributed by atoms with Crippen LogP contribution < -0.4 is 9.46 Å². The van der Waals surface area contributed by atoms with E-state index in [2.05, 4.69) is 23.8 Å². The molecule has 0 saturated carbocycles. The molecule has 1 atom stereocenters. The van der Waals surface area contributed by atoms with Crippen LogP contribution in [0.4, 0.5) is 5.69 Å². The van der Waals surface area contributed by atoms with Crippen molar-refractivity contribution in [3.8, 4) is 5.75 Å². The first kappa shape index (κ1) is 17.6. The standard InChI is InChI=1S/C22H21NO3S/c1-15-7-5-11-18-20(26-2)14-13-19(22(15)18)23-27(24,25)21-12-6-9-16-8-3-4-10-17(16)21/h3-10,12-15,23H,11H2,1-2H3. The predicted octanol–water partition coefficient (Wildman–Crippen LogP) is 4.87. The van der Waals surface area contributed by atoms with Crippen molar-refractivity contribution in [3.63, 3.8) is 0 Å². The van der Waals surface area contributed by atoms with Gasteiger partial charge in [0.1, 0.15) is 5.75 Å². The van der Waals surface area contributed by atoms with Crippen molar-refractivity contribution < 1.29 is 13.2 Å². The molecule has 1 aliphatic carbocycles. The molecule has 1 unspecified atom stereocenters. The molecule has 138 valence electrons. The van der Waals surface area contributed by atoms with Crippen molar-refractivity contribution in [2.45, 2.75) is 24.2 Å². The number of benzene rings is 3. The number of rotatable bonds is 4. The Morgan fingerprint density at radius 2 is 1.81 bits per heavy atom. The smallest absolute Gasteiger partial charge is 0.262 e. The van der Waals surface area contributed by atoms with Gasteiger partial charge in [-0.2, -0.15) is 0 Å². The number of sulfonamides is 1. The van der Waals surface area contributed by atoms with Gasteiger partial charge in [-0.3, -0.25) is 4.72 Å². The van der Waals surface area contributed by atoms with Gasteiger partial charge in [0.25, 0.3) is 10.0 Å². The maximum Gasteiger partial charge on any atom is 0.262 e. The van der Waals surface area contributed by atoms with Crippen molar-refractivity contribution >= 4 is 26.5 Å². The molecular weight excluding hydrogens is 358 g/mol. The minimum Gasteiger partial charge on any atom is -0.496 e. The minimum atomic E-state index is -3.73.